The van der Waals surface area contributed by atoms with E-state index in [1.807, 2.05) is 70.2 Å². The molecule has 0 unspecified atom stereocenters. The summed E-state index contributed by atoms with van der Waals surface area (Å²) < 4.78 is 6.34. The van der Waals surface area contributed by atoms with Crippen LogP contribution in [-0.4, -0.2) is 44.4 Å². The van der Waals surface area contributed by atoms with Crippen molar-refractivity contribution >= 4 is 28.1 Å². The molecule has 9 heteroatoms. The molecule has 0 aliphatic heterocycles. The van der Waals surface area contributed by atoms with Crippen LogP contribution < -0.4 is 10.1 Å². The number of anilines is 2. The molecule has 0 bridgehead atoms. The van der Waals surface area contributed by atoms with Crippen molar-refractivity contribution in [2.45, 2.75) is 53.0 Å². The molecule has 9 nitrogen and oxygen atoms in total. The molecule has 206 valence electrons. The van der Waals surface area contributed by atoms with Gasteiger partial charge in [-0.15, -0.1) is 0 Å². The van der Waals surface area contributed by atoms with E-state index in [9.17, 15) is 10.1 Å². The van der Waals surface area contributed by atoms with Gasteiger partial charge in [-0.3, -0.25) is 20.0 Å². The lowest BCUT2D eigenvalue weighted by Gasteiger charge is -2.26. The van der Waals surface area contributed by atoms with Crippen LogP contribution in [0.25, 0.3) is 10.9 Å². The van der Waals surface area contributed by atoms with Crippen molar-refractivity contribution in [3.8, 4) is 23.3 Å². The molecule has 4 rings (SSSR count). The number of pyridine rings is 1. The van der Waals surface area contributed by atoms with Gasteiger partial charge in [-0.2, -0.15) is 0 Å². The fourth-order valence-electron chi connectivity index (χ4n) is 4.05. The lowest BCUT2D eigenvalue weighted by molar-refractivity contribution is -0.385. The molecule has 4 aromatic rings. The highest BCUT2D eigenvalue weighted by atomic mass is 16.6. The topological polar surface area (TPSA) is 106 Å². The molecule has 0 aliphatic rings. The van der Waals surface area contributed by atoms with E-state index in [1.165, 1.54) is 12.4 Å². The van der Waals surface area contributed by atoms with E-state index >= 15 is 0 Å². The first kappa shape index (κ1) is 28.5. The van der Waals surface area contributed by atoms with Gasteiger partial charge in [-0.05, 0) is 89.2 Å². The van der Waals surface area contributed by atoms with Gasteiger partial charge in [0.25, 0.3) is 5.69 Å². The van der Waals surface area contributed by atoms with Gasteiger partial charge in [0, 0.05) is 23.3 Å². The van der Waals surface area contributed by atoms with E-state index in [2.05, 4.69) is 46.0 Å². The van der Waals surface area contributed by atoms with E-state index in [-0.39, 0.29) is 5.69 Å². The molecule has 0 spiro atoms. The van der Waals surface area contributed by atoms with Crippen molar-refractivity contribution in [1.29, 1.82) is 0 Å². The maximum absolute atomic E-state index is 12.0. The summed E-state index contributed by atoms with van der Waals surface area (Å²) in [6.07, 6.45) is 4.87. The van der Waals surface area contributed by atoms with Gasteiger partial charge >= 0.3 is 0 Å². The first-order valence-corrected chi connectivity index (χ1v) is 13.2. The number of nitrogens with one attached hydrogen (secondary N) is 1. The zero-order valence-electron chi connectivity index (χ0n) is 24.0. The Labute approximate surface area is 234 Å². The lowest BCUT2D eigenvalue weighted by Crippen LogP contribution is -2.36. The lowest BCUT2D eigenvalue weighted by atomic mass is 10.0. The molecule has 2 heterocycles. The molecule has 0 atom stereocenters. The minimum Gasteiger partial charge on any atom is -0.455 e. The molecule has 0 aliphatic carbocycles. The van der Waals surface area contributed by atoms with Gasteiger partial charge in [0.1, 0.15) is 23.5 Å². The van der Waals surface area contributed by atoms with Crippen molar-refractivity contribution in [2.75, 3.05) is 19.4 Å². The smallest absolute Gasteiger partial charge is 0.285 e. The van der Waals surface area contributed by atoms with Gasteiger partial charge in [0.05, 0.1) is 21.7 Å². The predicted octanol–water partition coefficient (Wildman–Crippen LogP) is 6.59. The third-order valence-electron chi connectivity index (χ3n) is 7.00. The van der Waals surface area contributed by atoms with Gasteiger partial charge < -0.3 is 10.1 Å². The molecule has 2 aromatic carbocycles. The van der Waals surface area contributed by atoms with Crippen LogP contribution >= 0.6 is 0 Å². The fourth-order valence-corrected chi connectivity index (χ4v) is 4.05. The van der Waals surface area contributed by atoms with Crippen LogP contribution in [0.2, 0.25) is 0 Å². The van der Waals surface area contributed by atoms with Crippen LogP contribution in [0, 0.1) is 28.9 Å². The SMILES string of the molecule is CCc1ccnc(CC)c1Oc1ccc(Nc2ncnc3cc(C#CC(C)(C)N(C)C)c([N+](=O)[O-])cc23)cc1C. The van der Waals surface area contributed by atoms with Crippen LogP contribution in [0.5, 0.6) is 11.5 Å². The monoisotopic (exact) mass is 538 g/mol. The van der Waals surface area contributed by atoms with Crippen molar-refractivity contribution in [3.05, 3.63) is 81.4 Å². The molecule has 0 radical (unpaired) electrons. The Morgan fingerprint density at radius 2 is 1.85 bits per heavy atom. The number of nitro groups is 1. The van der Waals surface area contributed by atoms with E-state index < -0.39 is 10.5 Å². The van der Waals surface area contributed by atoms with Crippen molar-refractivity contribution in [3.63, 3.8) is 0 Å². The molecule has 40 heavy (non-hydrogen) atoms. The van der Waals surface area contributed by atoms with Gasteiger partial charge in [0.2, 0.25) is 0 Å². The zero-order chi connectivity index (χ0) is 29.0. The standard InChI is InChI=1S/C31H34N6O3/c1-8-21-13-15-32-25(9-2)29(21)40-28-11-10-23(16-20(28)3)35-30-24-18-27(37(38)39)22(17-26(24)33-19-34-30)12-14-31(4,5)36(6)7/h10-11,13,15-19H,8-9H2,1-7H3,(H,33,34,35). The Hall–Kier alpha value is -4.55. The maximum Gasteiger partial charge on any atom is 0.285 e. The first-order valence-electron chi connectivity index (χ1n) is 13.2. The Morgan fingerprint density at radius 3 is 2.50 bits per heavy atom. The van der Waals surface area contributed by atoms with E-state index in [1.54, 1.807) is 6.07 Å². The number of aryl methyl sites for hydroxylation is 3. The molecule has 1 N–H and O–H groups in total. The normalized spacial score (nSPS) is 11.3. The maximum atomic E-state index is 12.0. The number of ether oxygens (including phenoxy) is 1. The Bertz CT molecular complexity index is 1610. The molecule has 0 fully saturated rings. The van der Waals surface area contributed by atoms with Gasteiger partial charge in [-0.1, -0.05) is 25.7 Å². The first-order chi connectivity index (χ1) is 19.0. The van der Waals surface area contributed by atoms with Crippen LogP contribution in [0.3, 0.4) is 0 Å². The van der Waals surface area contributed by atoms with Crippen molar-refractivity contribution in [2.24, 2.45) is 0 Å². The number of hydrogen-bond donors (Lipinski definition) is 1. The summed E-state index contributed by atoms with van der Waals surface area (Å²) >= 11 is 0. The predicted molar refractivity (Wildman–Crippen MR) is 158 cm³/mol. The highest BCUT2D eigenvalue weighted by Crippen LogP contribution is 2.34. The van der Waals surface area contributed by atoms with Crippen molar-refractivity contribution < 1.29 is 9.66 Å². The van der Waals surface area contributed by atoms with Crippen LogP contribution in [0.4, 0.5) is 17.2 Å². The number of nitrogens with zero attached hydrogens (tertiary/aromatic N) is 5. The number of aromatic nitrogens is 3. The minimum atomic E-state index is -0.456. The van der Waals surface area contributed by atoms with Crippen LogP contribution in [0.15, 0.2) is 48.9 Å². The average Bonchev–Trinajstić information content (AvgIpc) is 2.92. The van der Waals surface area contributed by atoms with Crippen LogP contribution in [-0.2, 0) is 12.8 Å². The van der Waals surface area contributed by atoms with E-state index in [4.69, 9.17) is 4.74 Å². The number of rotatable bonds is 8. The number of nitro benzene ring substituents is 1. The summed E-state index contributed by atoms with van der Waals surface area (Å²) in [5.74, 6) is 8.12. The molecule has 0 saturated carbocycles. The third kappa shape index (κ3) is 6.03. The number of fused-ring (bicyclic) bond motifs is 1. The van der Waals surface area contributed by atoms with E-state index in [0.717, 1.165) is 46.8 Å². The summed E-state index contributed by atoms with van der Waals surface area (Å²) in [6.45, 7) is 10.0. The minimum absolute atomic E-state index is 0.0951. The van der Waals surface area contributed by atoms with Gasteiger partial charge in [0.15, 0.2) is 5.75 Å². The summed E-state index contributed by atoms with van der Waals surface area (Å²) in [5, 5.41) is 15.8. The van der Waals surface area contributed by atoms with Crippen molar-refractivity contribution in [1.82, 2.24) is 19.9 Å². The molecule has 0 saturated heterocycles. The summed E-state index contributed by atoms with van der Waals surface area (Å²) in [5.41, 5.74) is 4.03. The average molecular weight is 539 g/mol. The van der Waals surface area contributed by atoms with Gasteiger partial charge in [-0.25, -0.2) is 9.97 Å². The Kier molecular flexibility index (Phi) is 8.31. The Morgan fingerprint density at radius 1 is 1.07 bits per heavy atom. The quantitative estimate of drug-likeness (QED) is 0.152. The summed E-state index contributed by atoms with van der Waals surface area (Å²) in [4.78, 5) is 26.7. The molecular formula is C31H34N6O3. The highest BCUT2D eigenvalue weighted by molar-refractivity contribution is 5.93. The zero-order valence-corrected chi connectivity index (χ0v) is 24.0. The highest BCUT2D eigenvalue weighted by Gasteiger charge is 2.20. The molecule has 0 amide bonds. The van der Waals surface area contributed by atoms with Crippen LogP contribution in [0.1, 0.15) is 50.1 Å². The van der Waals surface area contributed by atoms with E-state index in [0.29, 0.717) is 22.3 Å². The fraction of sp³-hybridized carbons (Fsp3) is 0.323. The second-order valence-electron chi connectivity index (χ2n) is 10.2. The number of hydrogen-bond acceptors (Lipinski definition) is 8. The summed E-state index contributed by atoms with van der Waals surface area (Å²) in [6, 6.07) is 10.9. The Balaban J connectivity index is 1.68. The molecular weight excluding hydrogens is 504 g/mol. The second-order valence-corrected chi connectivity index (χ2v) is 10.2. The largest absolute Gasteiger partial charge is 0.455 e. The third-order valence-corrected chi connectivity index (χ3v) is 7.00. The second kappa shape index (κ2) is 11.7. The number of benzene rings is 2. The summed E-state index contributed by atoms with van der Waals surface area (Å²) in [7, 11) is 3.83. The molecule has 2 aromatic heterocycles.